The second-order valence-electron chi connectivity index (χ2n) is 4.22. The fraction of sp³-hybridized carbons (Fsp3) is 0.417. The molecule has 0 aromatic heterocycles. The van der Waals surface area contributed by atoms with Crippen LogP contribution < -0.4 is 0 Å². The lowest BCUT2D eigenvalue weighted by Crippen LogP contribution is -2.38. The number of halogens is 3. The molecule has 1 aromatic carbocycles. The van der Waals surface area contributed by atoms with Crippen LogP contribution >= 0.6 is 34.8 Å². The van der Waals surface area contributed by atoms with Gasteiger partial charge in [-0.05, 0) is 19.1 Å². The zero-order chi connectivity index (χ0) is 15.4. The van der Waals surface area contributed by atoms with Crippen LogP contribution in [0.15, 0.2) is 35.2 Å². The predicted octanol–water partition coefficient (Wildman–Crippen LogP) is 3.03. The van der Waals surface area contributed by atoms with E-state index in [0.717, 1.165) is 4.31 Å². The molecule has 1 aromatic rings. The highest BCUT2D eigenvalue weighted by atomic mass is 35.6. The van der Waals surface area contributed by atoms with Gasteiger partial charge in [0.2, 0.25) is 13.8 Å². The zero-order valence-electron chi connectivity index (χ0n) is 10.7. The average molecular weight is 359 g/mol. The monoisotopic (exact) mass is 357 g/mol. The number of benzene rings is 1. The van der Waals surface area contributed by atoms with Crippen molar-refractivity contribution in [2.45, 2.75) is 22.0 Å². The van der Waals surface area contributed by atoms with Crippen molar-refractivity contribution in [1.82, 2.24) is 4.31 Å². The van der Waals surface area contributed by atoms with E-state index in [4.69, 9.17) is 34.8 Å². The Morgan fingerprint density at radius 2 is 1.75 bits per heavy atom. The summed E-state index contributed by atoms with van der Waals surface area (Å²) >= 11 is 17.0. The highest BCUT2D eigenvalue weighted by Gasteiger charge is 2.32. The third kappa shape index (κ3) is 5.58. The molecule has 0 atom stereocenters. The molecule has 8 heteroatoms. The number of sulfonamides is 1. The van der Waals surface area contributed by atoms with E-state index < -0.39 is 13.8 Å². The van der Waals surface area contributed by atoms with Gasteiger partial charge in [0, 0.05) is 13.0 Å². The molecule has 0 aliphatic rings. The summed E-state index contributed by atoms with van der Waals surface area (Å²) in [6.45, 7) is 1.03. The van der Waals surface area contributed by atoms with Gasteiger partial charge >= 0.3 is 0 Å². The number of hydrogen-bond acceptors (Lipinski definition) is 3. The first-order valence-corrected chi connectivity index (χ1v) is 8.32. The summed E-state index contributed by atoms with van der Waals surface area (Å²) in [4.78, 5) is 11.2. The van der Waals surface area contributed by atoms with Gasteiger partial charge in [0.05, 0.1) is 11.4 Å². The SMILES string of the molecule is CC(=O)CCN(CC(Cl)(Cl)Cl)S(=O)(=O)c1ccccc1. The van der Waals surface area contributed by atoms with Crippen LogP contribution in [-0.2, 0) is 14.8 Å². The standard InChI is InChI=1S/C12H14Cl3NO3S/c1-10(17)7-8-16(9-12(13,14)15)20(18,19)11-5-3-2-4-6-11/h2-6H,7-9H2,1H3. The number of carbonyl (C=O) groups excluding carboxylic acids is 1. The van der Waals surface area contributed by atoms with Crippen LogP contribution in [0.2, 0.25) is 0 Å². The Balaban J connectivity index is 3.05. The molecule has 0 fully saturated rings. The maximum Gasteiger partial charge on any atom is 0.243 e. The number of carbonyl (C=O) groups is 1. The van der Waals surface area contributed by atoms with Gasteiger partial charge < -0.3 is 0 Å². The zero-order valence-corrected chi connectivity index (χ0v) is 13.8. The molecule has 0 aliphatic heterocycles. The first-order chi connectivity index (χ1) is 9.13. The Kier molecular flexibility index (Phi) is 6.28. The smallest absolute Gasteiger partial charge is 0.243 e. The van der Waals surface area contributed by atoms with Gasteiger partial charge in [0.15, 0.2) is 0 Å². The third-order valence-electron chi connectivity index (χ3n) is 2.45. The summed E-state index contributed by atoms with van der Waals surface area (Å²) in [7, 11) is -3.80. The Labute approximate surface area is 133 Å². The number of alkyl halides is 3. The lowest BCUT2D eigenvalue weighted by atomic mass is 10.3. The van der Waals surface area contributed by atoms with Gasteiger partial charge in [-0.3, -0.25) is 4.79 Å². The first-order valence-electron chi connectivity index (χ1n) is 5.74. The van der Waals surface area contributed by atoms with E-state index >= 15 is 0 Å². The number of nitrogens with zero attached hydrogens (tertiary/aromatic N) is 1. The number of Topliss-reactive ketones (excluding diaryl/α,β-unsaturated/α-hetero) is 1. The Bertz CT molecular complexity index is 555. The fourth-order valence-corrected chi connectivity index (χ4v) is 3.65. The van der Waals surface area contributed by atoms with E-state index in [2.05, 4.69) is 0 Å². The van der Waals surface area contributed by atoms with Crippen molar-refractivity contribution in [2.24, 2.45) is 0 Å². The summed E-state index contributed by atoms with van der Waals surface area (Å²) in [6, 6.07) is 7.81. The van der Waals surface area contributed by atoms with Crippen molar-refractivity contribution in [3.8, 4) is 0 Å². The van der Waals surface area contributed by atoms with Crippen molar-refractivity contribution >= 4 is 50.6 Å². The number of rotatable bonds is 6. The van der Waals surface area contributed by atoms with Crippen LogP contribution in [0, 0.1) is 0 Å². The van der Waals surface area contributed by atoms with Crippen LogP contribution in [0.3, 0.4) is 0 Å². The molecule has 112 valence electrons. The van der Waals surface area contributed by atoms with E-state index in [0.29, 0.717) is 0 Å². The molecular formula is C12H14Cl3NO3S. The highest BCUT2D eigenvalue weighted by molar-refractivity contribution is 7.89. The molecule has 0 unspecified atom stereocenters. The summed E-state index contributed by atoms with van der Waals surface area (Å²) in [5.41, 5.74) is 0. The van der Waals surface area contributed by atoms with Crippen LogP contribution in [0.5, 0.6) is 0 Å². The fourth-order valence-electron chi connectivity index (χ4n) is 1.51. The van der Waals surface area contributed by atoms with Crippen molar-refractivity contribution in [2.75, 3.05) is 13.1 Å². The quantitative estimate of drug-likeness (QED) is 0.735. The largest absolute Gasteiger partial charge is 0.300 e. The van der Waals surface area contributed by atoms with Gasteiger partial charge in [0.25, 0.3) is 0 Å². The van der Waals surface area contributed by atoms with Gasteiger partial charge in [0.1, 0.15) is 5.78 Å². The lowest BCUT2D eigenvalue weighted by Gasteiger charge is -2.25. The average Bonchev–Trinajstić information content (AvgIpc) is 2.34. The minimum atomic E-state index is -3.80. The van der Waals surface area contributed by atoms with E-state index in [1.54, 1.807) is 18.2 Å². The van der Waals surface area contributed by atoms with Crippen LogP contribution in [0.25, 0.3) is 0 Å². The summed E-state index contributed by atoms with van der Waals surface area (Å²) in [5.74, 6) is -0.137. The lowest BCUT2D eigenvalue weighted by molar-refractivity contribution is -0.117. The van der Waals surface area contributed by atoms with E-state index in [-0.39, 0.29) is 30.2 Å². The first kappa shape index (κ1) is 17.7. The Morgan fingerprint density at radius 3 is 2.20 bits per heavy atom. The van der Waals surface area contributed by atoms with E-state index in [9.17, 15) is 13.2 Å². The highest BCUT2D eigenvalue weighted by Crippen LogP contribution is 2.29. The number of ketones is 1. The molecule has 0 spiro atoms. The van der Waals surface area contributed by atoms with Gasteiger partial charge in [-0.1, -0.05) is 53.0 Å². The molecule has 4 nitrogen and oxygen atoms in total. The van der Waals surface area contributed by atoms with Crippen molar-refractivity contribution in [3.63, 3.8) is 0 Å². The molecule has 0 N–H and O–H groups in total. The summed E-state index contributed by atoms with van der Waals surface area (Å²) in [5, 5.41) is 0. The minimum Gasteiger partial charge on any atom is -0.300 e. The summed E-state index contributed by atoms with van der Waals surface area (Å²) in [6.07, 6.45) is 0.0623. The van der Waals surface area contributed by atoms with Gasteiger partial charge in [-0.25, -0.2) is 8.42 Å². The molecule has 1 rings (SSSR count). The second kappa shape index (κ2) is 7.09. The molecular weight excluding hydrogens is 345 g/mol. The van der Waals surface area contributed by atoms with E-state index in [1.165, 1.54) is 19.1 Å². The second-order valence-corrected chi connectivity index (χ2v) is 8.67. The van der Waals surface area contributed by atoms with Crippen molar-refractivity contribution in [1.29, 1.82) is 0 Å². The summed E-state index contributed by atoms with van der Waals surface area (Å²) < 4.78 is 24.2. The molecule has 0 saturated heterocycles. The normalized spacial score (nSPS) is 12.7. The molecule has 20 heavy (non-hydrogen) atoms. The van der Waals surface area contributed by atoms with E-state index in [1.807, 2.05) is 0 Å². The maximum absolute atomic E-state index is 12.5. The Hall–Kier alpha value is -0.330. The van der Waals surface area contributed by atoms with Crippen molar-refractivity contribution < 1.29 is 13.2 Å². The van der Waals surface area contributed by atoms with Crippen molar-refractivity contribution in [3.05, 3.63) is 30.3 Å². The van der Waals surface area contributed by atoms with Gasteiger partial charge in [-0.15, -0.1) is 0 Å². The molecule has 0 saturated carbocycles. The molecule has 0 amide bonds. The molecule has 0 aliphatic carbocycles. The molecule has 0 radical (unpaired) electrons. The van der Waals surface area contributed by atoms with Crippen LogP contribution in [0.1, 0.15) is 13.3 Å². The van der Waals surface area contributed by atoms with Crippen LogP contribution in [-0.4, -0.2) is 35.4 Å². The van der Waals surface area contributed by atoms with Gasteiger partial charge in [-0.2, -0.15) is 4.31 Å². The topological polar surface area (TPSA) is 54.5 Å². The number of hydrogen-bond donors (Lipinski definition) is 0. The minimum absolute atomic E-state index is 0.0273. The van der Waals surface area contributed by atoms with Crippen LogP contribution in [0.4, 0.5) is 0 Å². The predicted molar refractivity (Wildman–Crippen MR) is 80.8 cm³/mol. The molecule has 0 heterocycles. The molecule has 0 bridgehead atoms. The Morgan fingerprint density at radius 1 is 1.20 bits per heavy atom. The third-order valence-corrected chi connectivity index (χ3v) is 4.67. The maximum atomic E-state index is 12.5.